The lowest BCUT2D eigenvalue weighted by Crippen LogP contribution is -2.38. The average molecular weight is 537 g/mol. The summed E-state index contributed by atoms with van der Waals surface area (Å²) >= 11 is 1.70. The number of aryl methyl sites for hydroxylation is 1. The Balaban J connectivity index is 0.00000300. The minimum absolute atomic E-state index is 0. The van der Waals surface area contributed by atoms with Gasteiger partial charge < -0.3 is 19.9 Å². The summed E-state index contributed by atoms with van der Waals surface area (Å²) in [7, 11) is 1.82. The van der Waals surface area contributed by atoms with E-state index in [0.717, 1.165) is 68.4 Å². The predicted molar refractivity (Wildman–Crippen MR) is 131 cm³/mol. The monoisotopic (exact) mass is 536 g/mol. The van der Waals surface area contributed by atoms with E-state index in [1.54, 1.807) is 11.8 Å². The molecule has 2 N–H and O–H groups in total. The molecule has 0 saturated heterocycles. The van der Waals surface area contributed by atoms with Gasteiger partial charge in [0.05, 0.1) is 0 Å². The van der Waals surface area contributed by atoms with Crippen LogP contribution in [0.4, 0.5) is 0 Å². The van der Waals surface area contributed by atoms with Gasteiger partial charge in [-0.3, -0.25) is 4.99 Å². The summed E-state index contributed by atoms with van der Waals surface area (Å²) in [5.41, 5.74) is 0. The first-order valence-electron chi connectivity index (χ1n) is 10.8. The number of aliphatic imine (C=N–C) groups is 1. The van der Waals surface area contributed by atoms with E-state index in [1.807, 2.05) is 7.05 Å². The van der Waals surface area contributed by atoms with Gasteiger partial charge in [-0.25, -0.2) is 0 Å². The average Bonchev–Trinajstić information content (AvgIpc) is 3.21. The molecule has 2 aliphatic rings. The van der Waals surface area contributed by atoms with Crippen molar-refractivity contribution in [1.29, 1.82) is 0 Å². The molecule has 0 aliphatic heterocycles. The molecule has 2 saturated carbocycles. The highest BCUT2D eigenvalue weighted by Gasteiger charge is 2.23. The van der Waals surface area contributed by atoms with Crippen LogP contribution in [0.25, 0.3) is 0 Å². The largest absolute Gasteiger partial charge is 0.381 e. The zero-order chi connectivity index (χ0) is 19.6. The lowest BCUT2D eigenvalue weighted by atomic mass is 10.2. The molecule has 0 radical (unpaired) electrons. The van der Waals surface area contributed by atoms with Gasteiger partial charge in [-0.05, 0) is 50.7 Å². The second kappa shape index (κ2) is 13.7. The Kier molecular flexibility index (Phi) is 11.7. The zero-order valence-corrected chi connectivity index (χ0v) is 21.0. The van der Waals surface area contributed by atoms with Crippen LogP contribution >= 0.6 is 35.7 Å². The summed E-state index contributed by atoms with van der Waals surface area (Å²) in [6.45, 7) is 3.53. The molecular formula is C20H37IN6OS. The second-order valence-electron chi connectivity index (χ2n) is 7.81. The van der Waals surface area contributed by atoms with Crippen LogP contribution in [0.2, 0.25) is 0 Å². The highest BCUT2D eigenvalue weighted by molar-refractivity contribution is 14.0. The summed E-state index contributed by atoms with van der Waals surface area (Å²) in [4.78, 5) is 4.30. The molecule has 2 fully saturated rings. The lowest BCUT2D eigenvalue weighted by Gasteiger charge is -2.16. The van der Waals surface area contributed by atoms with Gasteiger partial charge in [-0.15, -0.1) is 34.2 Å². The van der Waals surface area contributed by atoms with Crippen molar-refractivity contribution < 1.29 is 4.74 Å². The van der Waals surface area contributed by atoms with E-state index < -0.39 is 0 Å². The minimum atomic E-state index is 0. The fourth-order valence-corrected chi connectivity index (χ4v) is 4.31. The third-order valence-electron chi connectivity index (χ3n) is 5.51. The molecule has 3 rings (SSSR count). The number of aromatic nitrogens is 3. The maximum Gasteiger partial charge on any atom is 0.191 e. The van der Waals surface area contributed by atoms with Gasteiger partial charge >= 0.3 is 0 Å². The van der Waals surface area contributed by atoms with Crippen molar-refractivity contribution in [1.82, 2.24) is 25.4 Å². The number of halogens is 1. The van der Waals surface area contributed by atoms with Crippen molar-refractivity contribution in [2.24, 2.45) is 10.9 Å². The lowest BCUT2D eigenvalue weighted by molar-refractivity contribution is 0.123. The standard InChI is InChI=1S/C20H36N6OS.HI/c1-21-19(23-13-6-14-27-15-16-10-11-16)22-12-5-9-18-24-25-20(28-2)26(18)17-7-3-4-8-17;/h16-17H,3-15H2,1-2H3,(H2,21,22,23);1H. The van der Waals surface area contributed by atoms with Gasteiger partial charge in [0.1, 0.15) is 5.82 Å². The van der Waals surface area contributed by atoms with Gasteiger partial charge in [0.25, 0.3) is 0 Å². The molecule has 0 bridgehead atoms. The Labute approximate surface area is 196 Å². The number of ether oxygens (including phenoxy) is 1. The van der Waals surface area contributed by atoms with Crippen LogP contribution in [0.5, 0.6) is 0 Å². The van der Waals surface area contributed by atoms with E-state index in [2.05, 4.69) is 36.6 Å². The van der Waals surface area contributed by atoms with Crippen molar-refractivity contribution in [2.45, 2.75) is 69.0 Å². The van der Waals surface area contributed by atoms with Crippen molar-refractivity contribution in [2.75, 3.05) is 39.6 Å². The summed E-state index contributed by atoms with van der Waals surface area (Å²) in [6, 6.07) is 0.594. The van der Waals surface area contributed by atoms with Crippen LogP contribution in [-0.2, 0) is 11.2 Å². The van der Waals surface area contributed by atoms with Gasteiger partial charge in [0.15, 0.2) is 11.1 Å². The minimum Gasteiger partial charge on any atom is -0.381 e. The molecule has 0 amide bonds. The molecule has 1 aromatic rings. The number of nitrogens with one attached hydrogen (secondary N) is 2. The van der Waals surface area contributed by atoms with E-state index in [0.29, 0.717) is 6.04 Å². The number of guanidine groups is 1. The van der Waals surface area contributed by atoms with Gasteiger partial charge in [0, 0.05) is 45.8 Å². The third-order valence-corrected chi connectivity index (χ3v) is 6.15. The highest BCUT2D eigenvalue weighted by atomic mass is 127. The smallest absolute Gasteiger partial charge is 0.191 e. The maximum atomic E-state index is 5.67. The van der Waals surface area contributed by atoms with Crippen LogP contribution in [-0.4, -0.2) is 60.3 Å². The highest BCUT2D eigenvalue weighted by Crippen LogP contribution is 2.33. The summed E-state index contributed by atoms with van der Waals surface area (Å²) in [5.74, 6) is 2.84. The second-order valence-corrected chi connectivity index (χ2v) is 8.59. The van der Waals surface area contributed by atoms with Crippen LogP contribution in [0.15, 0.2) is 10.1 Å². The van der Waals surface area contributed by atoms with Gasteiger partial charge in [0.2, 0.25) is 0 Å². The first-order valence-corrected chi connectivity index (χ1v) is 12.0. The van der Waals surface area contributed by atoms with Crippen molar-refractivity contribution >= 4 is 41.7 Å². The molecule has 29 heavy (non-hydrogen) atoms. The first kappa shape index (κ1) is 24.7. The molecule has 1 heterocycles. The number of hydrogen-bond donors (Lipinski definition) is 2. The fourth-order valence-electron chi connectivity index (χ4n) is 3.74. The summed E-state index contributed by atoms with van der Waals surface area (Å²) in [6.07, 6.45) is 12.9. The van der Waals surface area contributed by atoms with Crippen molar-refractivity contribution in [3.8, 4) is 0 Å². The maximum absolute atomic E-state index is 5.67. The Morgan fingerprint density at radius 3 is 2.52 bits per heavy atom. The SMILES string of the molecule is CN=C(NCCCOCC1CC1)NCCCc1nnc(SC)n1C1CCCC1.I. The molecule has 0 spiro atoms. The number of nitrogens with zero attached hydrogens (tertiary/aromatic N) is 4. The van der Waals surface area contributed by atoms with Crippen molar-refractivity contribution in [3.05, 3.63) is 5.82 Å². The van der Waals surface area contributed by atoms with Crippen LogP contribution in [0.3, 0.4) is 0 Å². The van der Waals surface area contributed by atoms with Gasteiger partial charge in [-0.2, -0.15) is 0 Å². The van der Waals surface area contributed by atoms with E-state index >= 15 is 0 Å². The molecule has 166 valence electrons. The molecule has 9 heteroatoms. The van der Waals surface area contributed by atoms with Crippen LogP contribution < -0.4 is 10.6 Å². The molecule has 7 nitrogen and oxygen atoms in total. The van der Waals surface area contributed by atoms with E-state index in [-0.39, 0.29) is 24.0 Å². The predicted octanol–water partition coefficient (Wildman–Crippen LogP) is 3.65. The Morgan fingerprint density at radius 1 is 1.14 bits per heavy atom. The fraction of sp³-hybridized carbons (Fsp3) is 0.850. The summed E-state index contributed by atoms with van der Waals surface area (Å²) in [5, 5.41) is 16.7. The Hall–Kier alpha value is -0.550. The summed E-state index contributed by atoms with van der Waals surface area (Å²) < 4.78 is 8.06. The molecule has 0 unspecified atom stereocenters. The molecule has 2 aliphatic carbocycles. The molecule has 0 aromatic carbocycles. The Bertz CT molecular complexity index is 616. The molecule has 1 aromatic heterocycles. The number of thioether (sulfide) groups is 1. The quantitative estimate of drug-likeness (QED) is 0.140. The van der Waals surface area contributed by atoms with Crippen molar-refractivity contribution in [3.63, 3.8) is 0 Å². The third kappa shape index (κ3) is 8.24. The first-order chi connectivity index (χ1) is 13.8. The van der Waals surface area contributed by atoms with Gasteiger partial charge in [-0.1, -0.05) is 24.6 Å². The van der Waals surface area contributed by atoms with Crippen LogP contribution in [0, 0.1) is 5.92 Å². The molecular weight excluding hydrogens is 499 g/mol. The normalized spacial score (nSPS) is 17.4. The van der Waals surface area contributed by atoms with E-state index in [1.165, 1.54) is 38.5 Å². The Morgan fingerprint density at radius 2 is 1.86 bits per heavy atom. The topological polar surface area (TPSA) is 76.4 Å². The van der Waals surface area contributed by atoms with E-state index in [4.69, 9.17) is 4.74 Å². The number of hydrogen-bond acceptors (Lipinski definition) is 5. The molecule has 0 atom stereocenters. The van der Waals surface area contributed by atoms with Crippen LogP contribution in [0.1, 0.15) is 63.2 Å². The van der Waals surface area contributed by atoms with E-state index in [9.17, 15) is 0 Å². The zero-order valence-electron chi connectivity index (χ0n) is 17.9. The number of rotatable bonds is 12.